The second-order valence-corrected chi connectivity index (χ2v) is 7.22. The van der Waals surface area contributed by atoms with Crippen molar-refractivity contribution in [1.29, 1.82) is 0 Å². The monoisotopic (exact) mass is 403 g/mol. The maximum Gasteiger partial charge on any atom is 0.573 e. The van der Waals surface area contributed by atoms with Crippen LogP contribution in [0.3, 0.4) is 0 Å². The van der Waals surface area contributed by atoms with E-state index < -0.39 is 6.36 Å². The molecule has 9 heteroatoms. The lowest BCUT2D eigenvalue weighted by atomic mass is 10.1. The third-order valence-electron chi connectivity index (χ3n) is 3.52. The van der Waals surface area contributed by atoms with Crippen molar-refractivity contribution in [3.05, 3.63) is 54.7 Å². The lowest BCUT2D eigenvalue weighted by Crippen LogP contribution is -2.27. The molecule has 0 spiro atoms. The Morgan fingerprint density at radius 3 is 2.28 bits per heavy atom. The van der Waals surface area contributed by atoms with Crippen molar-refractivity contribution in [2.45, 2.75) is 32.7 Å². The van der Waals surface area contributed by atoms with Gasteiger partial charge in [0.2, 0.25) is 5.95 Å². The number of ether oxygens (including phenoxy) is 1. The van der Waals surface area contributed by atoms with Gasteiger partial charge in [-0.15, -0.1) is 13.2 Å². The molecular formula is C20H20F3N5O. The third kappa shape index (κ3) is 6.06. The van der Waals surface area contributed by atoms with E-state index in [1.54, 1.807) is 30.5 Å². The first-order valence-electron chi connectivity index (χ1n) is 8.79. The molecule has 0 saturated heterocycles. The van der Waals surface area contributed by atoms with E-state index in [2.05, 4.69) is 30.3 Å². The van der Waals surface area contributed by atoms with Crippen molar-refractivity contribution < 1.29 is 17.9 Å². The van der Waals surface area contributed by atoms with Gasteiger partial charge in [-0.25, -0.2) is 4.98 Å². The van der Waals surface area contributed by atoms with Gasteiger partial charge in [-0.3, -0.25) is 4.98 Å². The molecule has 2 heterocycles. The summed E-state index contributed by atoms with van der Waals surface area (Å²) >= 11 is 0. The highest BCUT2D eigenvalue weighted by atomic mass is 19.4. The van der Waals surface area contributed by atoms with Gasteiger partial charge in [-0.05, 0) is 45.0 Å². The summed E-state index contributed by atoms with van der Waals surface area (Å²) in [7, 11) is 0. The number of halogens is 3. The highest BCUT2D eigenvalue weighted by molar-refractivity contribution is 5.68. The second kappa shape index (κ2) is 7.94. The summed E-state index contributed by atoms with van der Waals surface area (Å²) in [6, 6.07) is 12.8. The van der Waals surface area contributed by atoms with Crippen LogP contribution in [0.25, 0.3) is 11.4 Å². The average Bonchev–Trinajstić information content (AvgIpc) is 2.61. The predicted molar refractivity (Wildman–Crippen MR) is 105 cm³/mol. The van der Waals surface area contributed by atoms with Crippen LogP contribution in [0.5, 0.6) is 5.75 Å². The molecule has 0 atom stereocenters. The molecule has 6 nitrogen and oxygen atoms in total. The van der Waals surface area contributed by atoms with Gasteiger partial charge >= 0.3 is 6.36 Å². The van der Waals surface area contributed by atoms with Gasteiger partial charge in [-0.1, -0.05) is 18.2 Å². The molecule has 29 heavy (non-hydrogen) atoms. The van der Waals surface area contributed by atoms with Gasteiger partial charge in [-0.2, -0.15) is 4.98 Å². The van der Waals surface area contributed by atoms with E-state index >= 15 is 0 Å². The summed E-state index contributed by atoms with van der Waals surface area (Å²) in [5.74, 6) is 0.256. The fourth-order valence-electron chi connectivity index (χ4n) is 2.47. The van der Waals surface area contributed by atoms with Gasteiger partial charge in [0.15, 0.2) is 5.75 Å². The lowest BCUT2D eigenvalue weighted by molar-refractivity contribution is -0.274. The molecule has 2 aromatic heterocycles. The van der Waals surface area contributed by atoms with E-state index in [0.29, 0.717) is 23.2 Å². The van der Waals surface area contributed by atoms with E-state index in [0.717, 1.165) is 0 Å². The minimum atomic E-state index is -4.80. The average molecular weight is 403 g/mol. The number of rotatable bonds is 5. The first-order valence-corrected chi connectivity index (χ1v) is 8.79. The number of hydrogen-bond donors (Lipinski definition) is 2. The SMILES string of the molecule is CC(C)(C)Nc1nc(Nc2ccccc2OC(F)(F)F)cc(-c2ccccn2)n1. The Hall–Kier alpha value is -3.36. The molecular weight excluding hydrogens is 383 g/mol. The molecule has 0 aliphatic rings. The number of anilines is 3. The molecule has 0 saturated carbocycles. The molecule has 3 rings (SSSR count). The molecule has 3 aromatic rings. The van der Waals surface area contributed by atoms with Crippen LogP contribution in [-0.4, -0.2) is 26.9 Å². The smallest absolute Gasteiger partial charge is 0.404 e. The summed E-state index contributed by atoms with van der Waals surface area (Å²) in [6.07, 6.45) is -3.17. The number of aromatic nitrogens is 3. The van der Waals surface area contributed by atoms with Crippen LogP contribution in [0.1, 0.15) is 20.8 Å². The Bertz CT molecular complexity index is 972. The Morgan fingerprint density at radius 1 is 0.897 bits per heavy atom. The second-order valence-electron chi connectivity index (χ2n) is 7.22. The molecule has 1 aromatic carbocycles. The van der Waals surface area contributed by atoms with E-state index in [1.807, 2.05) is 26.8 Å². The van der Waals surface area contributed by atoms with Crippen molar-refractivity contribution >= 4 is 17.5 Å². The maximum atomic E-state index is 12.7. The number of pyridine rings is 1. The van der Waals surface area contributed by atoms with Gasteiger partial charge in [0.25, 0.3) is 0 Å². The molecule has 0 radical (unpaired) electrons. The summed E-state index contributed by atoms with van der Waals surface area (Å²) in [4.78, 5) is 13.1. The molecule has 0 amide bonds. The number of para-hydroxylation sites is 2. The molecule has 152 valence electrons. The van der Waals surface area contributed by atoms with Gasteiger partial charge in [0.1, 0.15) is 5.82 Å². The first-order chi connectivity index (χ1) is 13.6. The third-order valence-corrected chi connectivity index (χ3v) is 3.52. The summed E-state index contributed by atoms with van der Waals surface area (Å²) < 4.78 is 42.2. The summed E-state index contributed by atoms with van der Waals surface area (Å²) in [5, 5.41) is 6.06. The minimum absolute atomic E-state index is 0.122. The lowest BCUT2D eigenvalue weighted by Gasteiger charge is -2.21. The molecule has 0 fully saturated rings. The zero-order chi connectivity index (χ0) is 21.1. The van der Waals surface area contributed by atoms with Crippen LogP contribution >= 0.6 is 0 Å². The fourth-order valence-corrected chi connectivity index (χ4v) is 2.47. The number of alkyl halides is 3. The van der Waals surface area contributed by atoms with Crippen LogP contribution in [-0.2, 0) is 0 Å². The standard InChI is InChI=1S/C20H20F3N5O/c1-19(2,3)28-18-26-15(13-8-6-7-11-24-13)12-17(27-18)25-14-9-4-5-10-16(14)29-20(21,22)23/h4-12H,1-3H3,(H2,25,26,27,28). The molecule has 0 aliphatic heterocycles. The van der Waals surface area contributed by atoms with Crippen LogP contribution in [0.4, 0.5) is 30.6 Å². The van der Waals surface area contributed by atoms with Crippen LogP contribution in [0.2, 0.25) is 0 Å². The van der Waals surface area contributed by atoms with Crippen molar-refractivity contribution in [2.24, 2.45) is 0 Å². The Labute approximate surface area is 166 Å². The zero-order valence-electron chi connectivity index (χ0n) is 16.1. The van der Waals surface area contributed by atoms with Gasteiger partial charge in [0.05, 0.1) is 17.1 Å². The highest BCUT2D eigenvalue weighted by Gasteiger charge is 2.32. The van der Waals surface area contributed by atoms with Gasteiger partial charge in [0, 0.05) is 17.8 Å². The van der Waals surface area contributed by atoms with E-state index in [9.17, 15) is 13.2 Å². The highest BCUT2D eigenvalue weighted by Crippen LogP contribution is 2.32. The summed E-state index contributed by atoms with van der Waals surface area (Å²) in [5.41, 5.74) is 0.924. The quantitative estimate of drug-likeness (QED) is 0.595. The first kappa shape index (κ1) is 20.4. The Balaban J connectivity index is 2.00. The molecule has 0 bridgehead atoms. The number of nitrogens with zero attached hydrogens (tertiary/aromatic N) is 3. The summed E-state index contributed by atoms with van der Waals surface area (Å²) in [6.45, 7) is 5.84. The van der Waals surface area contributed by atoms with Gasteiger partial charge < -0.3 is 15.4 Å². The minimum Gasteiger partial charge on any atom is -0.404 e. The number of nitrogens with one attached hydrogen (secondary N) is 2. The van der Waals surface area contributed by atoms with E-state index in [4.69, 9.17) is 0 Å². The zero-order valence-corrected chi connectivity index (χ0v) is 16.1. The van der Waals surface area contributed by atoms with Crippen LogP contribution in [0.15, 0.2) is 54.7 Å². The van der Waals surface area contributed by atoms with Crippen LogP contribution < -0.4 is 15.4 Å². The largest absolute Gasteiger partial charge is 0.573 e. The van der Waals surface area contributed by atoms with Crippen molar-refractivity contribution in [1.82, 2.24) is 15.0 Å². The normalized spacial score (nSPS) is 11.8. The molecule has 0 aliphatic carbocycles. The van der Waals surface area contributed by atoms with Crippen molar-refractivity contribution in [2.75, 3.05) is 10.6 Å². The maximum absolute atomic E-state index is 12.7. The number of benzene rings is 1. The topological polar surface area (TPSA) is 72.0 Å². The Morgan fingerprint density at radius 2 is 1.62 bits per heavy atom. The van der Waals surface area contributed by atoms with E-state index in [-0.39, 0.29) is 17.0 Å². The number of hydrogen-bond acceptors (Lipinski definition) is 6. The fraction of sp³-hybridized carbons (Fsp3) is 0.250. The van der Waals surface area contributed by atoms with Crippen LogP contribution in [0, 0.1) is 0 Å². The van der Waals surface area contributed by atoms with E-state index in [1.165, 1.54) is 18.2 Å². The Kier molecular flexibility index (Phi) is 5.58. The molecule has 0 unspecified atom stereocenters. The molecule has 2 N–H and O–H groups in total. The van der Waals surface area contributed by atoms with Crippen molar-refractivity contribution in [3.8, 4) is 17.1 Å². The predicted octanol–water partition coefficient (Wildman–Crippen LogP) is 5.39. The van der Waals surface area contributed by atoms with Crippen molar-refractivity contribution in [3.63, 3.8) is 0 Å².